The first-order valence-corrected chi connectivity index (χ1v) is 9.51. The van der Waals surface area contributed by atoms with Gasteiger partial charge in [-0.2, -0.15) is 5.10 Å². The third kappa shape index (κ3) is 4.93. The Kier molecular flexibility index (Phi) is 5.25. The number of carbonyl (C=O) groups is 2. The van der Waals surface area contributed by atoms with Gasteiger partial charge in [0.05, 0.1) is 11.6 Å². The van der Waals surface area contributed by atoms with Crippen LogP contribution in [0.1, 0.15) is 41.9 Å². The predicted molar refractivity (Wildman–Crippen MR) is 104 cm³/mol. The van der Waals surface area contributed by atoms with Gasteiger partial charge in [-0.15, -0.1) is 13.2 Å². The molecule has 1 fully saturated rings. The van der Waals surface area contributed by atoms with E-state index in [4.69, 9.17) is 0 Å². The van der Waals surface area contributed by atoms with Gasteiger partial charge >= 0.3 is 6.36 Å². The number of nitrogens with zero attached hydrogens (tertiary/aromatic N) is 2. The zero-order chi connectivity index (χ0) is 22.2. The average Bonchev–Trinajstić information content (AvgIpc) is 3.47. The first kappa shape index (κ1) is 20.6. The lowest BCUT2D eigenvalue weighted by Gasteiger charge is -2.15. The summed E-state index contributed by atoms with van der Waals surface area (Å²) in [4.78, 5) is 28.7. The van der Waals surface area contributed by atoms with Crippen molar-refractivity contribution in [1.29, 1.82) is 0 Å². The van der Waals surface area contributed by atoms with E-state index in [1.54, 1.807) is 19.1 Å². The molecule has 1 atom stereocenters. The molecule has 1 aliphatic rings. The lowest BCUT2D eigenvalue weighted by Crippen LogP contribution is -2.27. The van der Waals surface area contributed by atoms with Crippen molar-refractivity contribution in [2.75, 3.05) is 5.32 Å². The molecule has 1 aliphatic carbocycles. The second-order valence-corrected chi connectivity index (χ2v) is 7.26. The highest BCUT2D eigenvalue weighted by Crippen LogP contribution is 2.30. The minimum absolute atomic E-state index is 0.0386. The maximum atomic E-state index is 12.7. The zero-order valence-corrected chi connectivity index (χ0v) is 16.3. The van der Waals surface area contributed by atoms with Gasteiger partial charge in [-0.3, -0.25) is 14.7 Å². The SMILES string of the molecule is CC(NC(=O)c1n[nH]c2cc(OC(F)(F)F)ccc12)c1ccnc(NC(=O)C2CC2)c1. The molecule has 0 spiro atoms. The third-order valence-corrected chi connectivity index (χ3v) is 4.81. The number of aromatic amines is 1. The molecule has 1 saturated carbocycles. The molecule has 0 saturated heterocycles. The molecule has 2 amide bonds. The highest BCUT2D eigenvalue weighted by molar-refractivity contribution is 6.05. The molecular formula is C20H18F3N5O3. The van der Waals surface area contributed by atoms with Crippen LogP contribution in [0.4, 0.5) is 19.0 Å². The fraction of sp³-hybridized carbons (Fsp3) is 0.300. The number of fused-ring (bicyclic) bond motifs is 1. The second-order valence-electron chi connectivity index (χ2n) is 7.26. The van der Waals surface area contributed by atoms with E-state index in [1.807, 2.05) is 0 Å². The Bertz CT molecular complexity index is 1140. The van der Waals surface area contributed by atoms with E-state index < -0.39 is 24.1 Å². The van der Waals surface area contributed by atoms with Crippen LogP contribution in [-0.2, 0) is 4.79 Å². The number of anilines is 1. The molecule has 3 aromatic rings. The van der Waals surface area contributed by atoms with Gasteiger partial charge in [0, 0.05) is 23.6 Å². The normalized spacial score (nSPS) is 14.8. The summed E-state index contributed by atoms with van der Waals surface area (Å²) in [6.45, 7) is 1.75. The number of hydrogen-bond acceptors (Lipinski definition) is 5. The smallest absolute Gasteiger partial charge is 0.406 e. The molecular weight excluding hydrogens is 415 g/mol. The topological polar surface area (TPSA) is 109 Å². The van der Waals surface area contributed by atoms with Gasteiger partial charge in [0.25, 0.3) is 5.91 Å². The summed E-state index contributed by atoms with van der Waals surface area (Å²) in [6.07, 6.45) is -1.53. The number of nitrogens with one attached hydrogen (secondary N) is 3. The van der Waals surface area contributed by atoms with Crippen LogP contribution in [0.3, 0.4) is 0 Å². The summed E-state index contributed by atoms with van der Waals surface area (Å²) in [5.74, 6) is -0.557. The standard InChI is InChI=1S/C20H18F3N5O3/c1-10(12-6-7-24-16(8-12)26-18(29)11-2-3-11)25-19(30)17-14-5-4-13(31-20(21,22)23)9-15(14)27-28-17/h4-11H,2-3H2,1H3,(H,25,30)(H,27,28)(H,24,26,29). The van der Waals surface area contributed by atoms with Crippen molar-refractivity contribution in [3.63, 3.8) is 0 Å². The molecule has 1 aromatic carbocycles. The van der Waals surface area contributed by atoms with Crippen LogP contribution in [0.15, 0.2) is 36.5 Å². The van der Waals surface area contributed by atoms with Crippen molar-refractivity contribution in [1.82, 2.24) is 20.5 Å². The second kappa shape index (κ2) is 7.89. The number of rotatable bonds is 6. The first-order chi connectivity index (χ1) is 14.7. The van der Waals surface area contributed by atoms with Gasteiger partial charge in [0.2, 0.25) is 5.91 Å². The number of alkyl halides is 3. The molecule has 0 radical (unpaired) electrons. The minimum atomic E-state index is -4.81. The van der Waals surface area contributed by atoms with Crippen LogP contribution < -0.4 is 15.4 Å². The number of ether oxygens (including phenoxy) is 1. The summed E-state index contributed by atoms with van der Waals surface area (Å²) >= 11 is 0. The monoisotopic (exact) mass is 433 g/mol. The Morgan fingerprint density at radius 1 is 1.23 bits per heavy atom. The highest BCUT2D eigenvalue weighted by Gasteiger charge is 2.31. The molecule has 8 nitrogen and oxygen atoms in total. The summed E-state index contributed by atoms with van der Waals surface area (Å²) in [6, 6.07) is 6.51. The first-order valence-electron chi connectivity index (χ1n) is 9.51. The molecule has 0 aliphatic heterocycles. The largest absolute Gasteiger partial charge is 0.573 e. The van der Waals surface area contributed by atoms with Crippen molar-refractivity contribution >= 4 is 28.5 Å². The van der Waals surface area contributed by atoms with E-state index in [0.717, 1.165) is 30.5 Å². The zero-order valence-electron chi connectivity index (χ0n) is 16.3. The van der Waals surface area contributed by atoms with E-state index in [-0.39, 0.29) is 23.0 Å². The van der Waals surface area contributed by atoms with Gasteiger partial charge in [-0.25, -0.2) is 4.98 Å². The van der Waals surface area contributed by atoms with Crippen LogP contribution in [0, 0.1) is 5.92 Å². The molecule has 0 bridgehead atoms. The van der Waals surface area contributed by atoms with Crippen LogP contribution in [0.2, 0.25) is 0 Å². The Labute approximate surface area is 174 Å². The quantitative estimate of drug-likeness (QED) is 0.549. The van der Waals surface area contributed by atoms with Gasteiger partial charge < -0.3 is 15.4 Å². The van der Waals surface area contributed by atoms with E-state index in [0.29, 0.717) is 11.2 Å². The van der Waals surface area contributed by atoms with Crippen LogP contribution >= 0.6 is 0 Å². The van der Waals surface area contributed by atoms with Gasteiger partial charge in [-0.1, -0.05) is 0 Å². The number of halogens is 3. The highest BCUT2D eigenvalue weighted by atomic mass is 19.4. The average molecular weight is 433 g/mol. The Hall–Kier alpha value is -3.63. The van der Waals surface area contributed by atoms with Gasteiger partial charge in [-0.05, 0) is 49.6 Å². The fourth-order valence-corrected chi connectivity index (χ4v) is 3.08. The minimum Gasteiger partial charge on any atom is -0.406 e. The van der Waals surface area contributed by atoms with Gasteiger partial charge in [0.1, 0.15) is 11.6 Å². The van der Waals surface area contributed by atoms with Crippen molar-refractivity contribution in [3.8, 4) is 5.75 Å². The summed E-state index contributed by atoms with van der Waals surface area (Å²) in [7, 11) is 0. The van der Waals surface area contributed by atoms with Crippen molar-refractivity contribution in [2.45, 2.75) is 32.2 Å². The van der Waals surface area contributed by atoms with Gasteiger partial charge in [0.15, 0.2) is 5.69 Å². The Morgan fingerprint density at radius 2 is 2.00 bits per heavy atom. The van der Waals surface area contributed by atoms with Crippen molar-refractivity contribution < 1.29 is 27.5 Å². The van der Waals surface area contributed by atoms with Crippen molar-refractivity contribution in [2.24, 2.45) is 5.92 Å². The Morgan fingerprint density at radius 3 is 2.71 bits per heavy atom. The molecule has 31 heavy (non-hydrogen) atoms. The van der Waals surface area contributed by atoms with E-state index in [9.17, 15) is 22.8 Å². The van der Waals surface area contributed by atoms with E-state index in [1.165, 1.54) is 12.3 Å². The molecule has 2 heterocycles. The fourth-order valence-electron chi connectivity index (χ4n) is 3.08. The maximum Gasteiger partial charge on any atom is 0.573 e. The number of H-pyrrole nitrogens is 1. The number of aromatic nitrogens is 3. The molecule has 11 heteroatoms. The third-order valence-electron chi connectivity index (χ3n) is 4.81. The number of pyridine rings is 1. The Balaban J connectivity index is 1.46. The van der Waals surface area contributed by atoms with E-state index >= 15 is 0 Å². The number of amides is 2. The van der Waals surface area contributed by atoms with Crippen LogP contribution in [0.25, 0.3) is 10.9 Å². The predicted octanol–water partition coefficient (Wildman–Crippen LogP) is 3.70. The molecule has 1 unspecified atom stereocenters. The number of hydrogen-bond donors (Lipinski definition) is 3. The van der Waals surface area contributed by atoms with Crippen LogP contribution in [-0.4, -0.2) is 33.4 Å². The molecule has 162 valence electrons. The summed E-state index contributed by atoms with van der Waals surface area (Å²) in [5, 5.41) is 12.4. The van der Waals surface area contributed by atoms with E-state index in [2.05, 4.69) is 30.6 Å². The molecule has 4 rings (SSSR count). The lowest BCUT2D eigenvalue weighted by atomic mass is 10.1. The molecule has 2 aromatic heterocycles. The maximum absolute atomic E-state index is 12.7. The van der Waals surface area contributed by atoms with Crippen molar-refractivity contribution in [3.05, 3.63) is 47.8 Å². The summed E-state index contributed by atoms with van der Waals surface area (Å²) < 4.78 is 41.0. The number of benzene rings is 1. The molecule has 3 N–H and O–H groups in total. The summed E-state index contributed by atoms with van der Waals surface area (Å²) in [5.41, 5.74) is 0.986. The number of carbonyl (C=O) groups excluding carboxylic acids is 2. The van der Waals surface area contributed by atoms with Crippen LogP contribution in [0.5, 0.6) is 5.75 Å². The lowest BCUT2D eigenvalue weighted by molar-refractivity contribution is -0.274.